The Morgan fingerprint density at radius 3 is 2.32 bits per heavy atom. The molecule has 1 fully saturated rings. The van der Waals surface area contributed by atoms with Gasteiger partial charge >= 0.3 is 0 Å². The van der Waals surface area contributed by atoms with E-state index in [1.807, 2.05) is 0 Å². The van der Waals surface area contributed by atoms with E-state index in [-0.39, 0.29) is 17.7 Å². The average molecular weight is 488 g/mol. The van der Waals surface area contributed by atoms with Gasteiger partial charge in [-0.15, -0.1) is 0 Å². The summed E-state index contributed by atoms with van der Waals surface area (Å²) in [6.45, 7) is 3.57. The average Bonchev–Trinajstić information content (AvgIpc) is 2.87. The molecule has 1 saturated heterocycles. The molecule has 0 unspecified atom stereocenters. The van der Waals surface area contributed by atoms with E-state index in [1.54, 1.807) is 47.4 Å². The maximum atomic E-state index is 12.6. The number of halogens is 1. The van der Waals surface area contributed by atoms with Crippen LogP contribution >= 0.6 is 11.6 Å². The van der Waals surface area contributed by atoms with E-state index in [0.29, 0.717) is 60.2 Å². The third kappa shape index (κ3) is 6.63. The van der Waals surface area contributed by atoms with Gasteiger partial charge in [0, 0.05) is 35.2 Å². The van der Waals surface area contributed by atoms with Gasteiger partial charge in [0.15, 0.2) is 11.5 Å². The van der Waals surface area contributed by atoms with E-state index in [2.05, 4.69) is 17.8 Å². The van der Waals surface area contributed by atoms with Gasteiger partial charge in [0.2, 0.25) is 5.91 Å². The van der Waals surface area contributed by atoms with Crippen molar-refractivity contribution >= 4 is 29.3 Å². The van der Waals surface area contributed by atoms with Crippen LogP contribution in [0.4, 0.5) is 0 Å². The van der Waals surface area contributed by atoms with Crippen LogP contribution in [0.1, 0.15) is 53.3 Å². The summed E-state index contributed by atoms with van der Waals surface area (Å²) in [6, 6.07) is 11.6. The number of benzene rings is 2. The number of carbonyl (C=O) groups excluding carboxylic acids is 3. The van der Waals surface area contributed by atoms with Crippen LogP contribution in [0, 0.1) is 5.92 Å². The topological polar surface area (TPSA) is 97.0 Å². The minimum atomic E-state index is -0.456. The molecule has 34 heavy (non-hydrogen) atoms. The maximum Gasteiger partial charge on any atom is 0.269 e. The van der Waals surface area contributed by atoms with Crippen LogP contribution in [0.3, 0.4) is 0 Å². The zero-order chi connectivity index (χ0) is 24.5. The summed E-state index contributed by atoms with van der Waals surface area (Å²) in [5.41, 5.74) is 5.86. The molecule has 1 heterocycles. The normalized spacial score (nSPS) is 13.8. The molecule has 2 N–H and O–H groups in total. The Morgan fingerprint density at radius 2 is 1.68 bits per heavy atom. The fourth-order valence-corrected chi connectivity index (χ4v) is 3.79. The Balaban J connectivity index is 1.48. The quantitative estimate of drug-likeness (QED) is 0.435. The predicted octanol–water partition coefficient (Wildman–Crippen LogP) is 3.84. The first kappa shape index (κ1) is 25.4. The smallest absolute Gasteiger partial charge is 0.269 e. The molecule has 0 aliphatic carbocycles. The van der Waals surface area contributed by atoms with E-state index in [1.165, 1.54) is 7.11 Å². The van der Waals surface area contributed by atoms with Crippen LogP contribution in [0.5, 0.6) is 11.5 Å². The summed E-state index contributed by atoms with van der Waals surface area (Å²) in [4.78, 5) is 39.4. The standard InChI is InChI=1S/C25H30ClN3O5/c1-3-4-15-34-21-10-7-19(16-22(21)33-2)24(31)28-27-23(30)17-11-13-29(14-12-17)25(32)18-5-8-20(26)9-6-18/h5-10,16-17H,3-4,11-15H2,1-2H3,(H,27,30)(H,28,31). The number of hydrazine groups is 1. The summed E-state index contributed by atoms with van der Waals surface area (Å²) in [6.07, 6.45) is 2.96. The highest BCUT2D eigenvalue weighted by Crippen LogP contribution is 2.28. The van der Waals surface area contributed by atoms with Crippen molar-refractivity contribution in [2.24, 2.45) is 5.92 Å². The summed E-state index contributed by atoms with van der Waals surface area (Å²) >= 11 is 5.88. The van der Waals surface area contributed by atoms with Gasteiger partial charge in [-0.2, -0.15) is 0 Å². The molecular formula is C25H30ClN3O5. The van der Waals surface area contributed by atoms with Crippen LogP contribution < -0.4 is 20.3 Å². The first-order valence-electron chi connectivity index (χ1n) is 11.4. The summed E-state index contributed by atoms with van der Waals surface area (Å²) in [5, 5.41) is 0.573. The summed E-state index contributed by atoms with van der Waals surface area (Å²) < 4.78 is 11.0. The predicted molar refractivity (Wildman–Crippen MR) is 129 cm³/mol. The number of hydrogen-bond acceptors (Lipinski definition) is 5. The number of amides is 3. The van der Waals surface area contributed by atoms with E-state index < -0.39 is 5.91 Å². The highest BCUT2D eigenvalue weighted by Gasteiger charge is 2.28. The third-order valence-corrected chi connectivity index (χ3v) is 5.98. The number of methoxy groups -OCH3 is 1. The van der Waals surface area contributed by atoms with E-state index in [9.17, 15) is 14.4 Å². The molecule has 2 aromatic rings. The third-order valence-electron chi connectivity index (χ3n) is 5.72. The van der Waals surface area contributed by atoms with Crippen molar-refractivity contribution in [1.29, 1.82) is 0 Å². The second-order valence-corrected chi connectivity index (χ2v) is 8.52. The van der Waals surface area contributed by atoms with Crippen molar-refractivity contribution in [3.8, 4) is 11.5 Å². The largest absolute Gasteiger partial charge is 0.493 e. The molecule has 2 aromatic carbocycles. The van der Waals surface area contributed by atoms with Crippen molar-refractivity contribution in [3.63, 3.8) is 0 Å². The second kappa shape index (κ2) is 12.3. The number of piperidine rings is 1. The van der Waals surface area contributed by atoms with Gasteiger partial charge in [0.25, 0.3) is 11.8 Å². The van der Waals surface area contributed by atoms with Crippen LogP contribution in [-0.4, -0.2) is 49.4 Å². The molecule has 3 amide bonds. The molecule has 182 valence electrons. The maximum absolute atomic E-state index is 12.6. The molecule has 0 atom stereocenters. The zero-order valence-electron chi connectivity index (χ0n) is 19.4. The molecule has 0 aromatic heterocycles. The fraction of sp³-hybridized carbons (Fsp3) is 0.400. The lowest BCUT2D eigenvalue weighted by molar-refractivity contribution is -0.127. The van der Waals surface area contributed by atoms with E-state index >= 15 is 0 Å². The van der Waals surface area contributed by atoms with Gasteiger partial charge in [0.1, 0.15) is 0 Å². The van der Waals surface area contributed by atoms with Crippen LogP contribution in [0.15, 0.2) is 42.5 Å². The Bertz CT molecular complexity index is 1000. The monoisotopic (exact) mass is 487 g/mol. The molecule has 0 spiro atoms. The lowest BCUT2D eigenvalue weighted by Gasteiger charge is -2.31. The number of hydrogen-bond donors (Lipinski definition) is 2. The number of nitrogens with zero attached hydrogens (tertiary/aromatic N) is 1. The molecule has 0 saturated carbocycles. The van der Waals surface area contributed by atoms with Crippen molar-refractivity contribution in [3.05, 3.63) is 58.6 Å². The van der Waals surface area contributed by atoms with Crippen LogP contribution in [-0.2, 0) is 4.79 Å². The van der Waals surface area contributed by atoms with Gasteiger partial charge in [-0.1, -0.05) is 24.9 Å². The second-order valence-electron chi connectivity index (χ2n) is 8.08. The number of rotatable bonds is 8. The summed E-state index contributed by atoms with van der Waals surface area (Å²) in [5.74, 6) is -0.0943. The molecule has 1 aliphatic heterocycles. The van der Waals surface area contributed by atoms with Crippen LogP contribution in [0.25, 0.3) is 0 Å². The molecule has 8 nitrogen and oxygen atoms in total. The van der Waals surface area contributed by atoms with Gasteiger partial charge in [-0.3, -0.25) is 25.2 Å². The van der Waals surface area contributed by atoms with E-state index in [0.717, 1.165) is 12.8 Å². The van der Waals surface area contributed by atoms with Crippen molar-refractivity contribution in [1.82, 2.24) is 15.8 Å². The van der Waals surface area contributed by atoms with Gasteiger partial charge in [-0.25, -0.2) is 0 Å². The van der Waals surface area contributed by atoms with Crippen molar-refractivity contribution < 1.29 is 23.9 Å². The highest BCUT2D eigenvalue weighted by molar-refractivity contribution is 6.30. The Morgan fingerprint density at radius 1 is 1.00 bits per heavy atom. The number of ether oxygens (including phenoxy) is 2. The molecule has 0 bridgehead atoms. The zero-order valence-corrected chi connectivity index (χ0v) is 20.2. The molecule has 3 rings (SSSR count). The van der Waals surface area contributed by atoms with Gasteiger partial charge < -0.3 is 14.4 Å². The fourth-order valence-electron chi connectivity index (χ4n) is 3.67. The Labute approximate surface area is 204 Å². The number of nitrogens with one attached hydrogen (secondary N) is 2. The van der Waals surface area contributed by atoms with Gasteiger partial charge in [0.05, 0.1) is 13.7 Å². The highest BCUT2D eigenvalue weighted by atomic mass is 35.5. The SMILES string of the molecule is CCCCOc1ccc(C(=O)NNC(=O)C2CCN(C(=O)c3ccc(Cl)cc3)CC2)cc1OC. The molecule has 0 radical (unpaired) electrons. The first-order chi connectivity index (χ1) is 16.4. The minimum absolute atomic E-state index is 0.0834. The molecule has 9 heteroatoms. The lowest BCUT2D eigenvalue weighted by Crippen LogP contribution is -2.48. The summed E-state index contributed by atoms with van der Waals surface area (Å²) in [7, 11) is 1.51. The number of carbonyl (C=O) groups is 3. The van der Waals surface area contributed by atoms with Gasteiger partial charge in [-0.05, 0) is 61.7 Å². The number of unbranched alkanes of at least 4 members (excludes halogenated alkanes) is 1. The minimum Gasteiger partial charge on any atom is -0.493 e. The Hall–Kier alpha value is -3.26. The lowest BCUT2D eigenvalue weighted by atomic mass is 9.95. The molecular weight excluding hydrogens is 458 g/mol. The first-order valence-corrected chi connectivity index (χ1v) is 11.8. The van der Waals surface area contributed by atoms with Crippen molar-refractivity contribution in [2.75, 3.05) is 26.8 Å². The van der Waals surface area contributed by atoms with Crippen LogP contribution in [0.2, 0.25) is 5.02 Å². The Kier molecular flexibility index (Phi) is 9.16. The number of likely N-dealkylation sites (tertiary alicyclic amines) is 1. The molecule has 1 aliphatic rings. The van der Waals surface area contributed by atoms with Crippen molar-refractivity contribution in [2.45, 2.75) is 32.6 Å². The van der Waals surface area contributed by atoms with E-state index in [4.69, 9.17) is 21.1 Å².